The second-order valence-electron chi connectivity index (χ2n) is 2.68. The molecule has 0 spiro atoms. The van der Waals surface area contributed by atoms with Gasteiger partial charge < -0.3 is 10.1 Å². The fourth-order valence-electron chi connectivity index (χ4n) is 1.13. The van der Waals surface area contributed by atoms with Crippen LogP contribution in [0.25, 0.3) is 0 Å². The van der Waals surface area contributed by atoms with Crippen molar-refractivity contribution in [3.05, 3.63) is 33.2 Å². The molecule has 0 bridgehead atoms. The van der Waals surface area contributed by atoms with Crippen molar-refractivity contribution in [1.29, 1.82) is 0 Å². The number of halogens is 3. The summed E-state index contributed by atoms with van der Waals surface area (Å²) in [4.78, 5) is 23.4. The van der Waals surface area contributed by atoms with Crippen LogP contribution in [0.15, 0.2) is 10.9 Å². The van der Waals surface area contributed by atoms with Crippen LogP contribution >= 0.6 is 11.6 Å². The molecule has 0 aliphatic carbocycles. The Balaban J connectivity index is 3.52. The van der Waals surface area contributed by atoms with E-state index < -0.39 is 35.1 Å². The van der Waals surface area contributed by atoms with E-state index in [4.69, 9.17) is 16.7 Å². The Hall–Kier alpha value is -1.43. The molecule has 0 saturated carbocycles. The van der Waals surface area contributed by atoms with Gasteiger partial charge in [-0.2, -0.15) is 0 Å². The van der Waals surface area contributed by atoms with Gasteiger partial charge in [-0.25, -0.2) is 13.6 Å². The lowest BCUT2D eigenvalue weighted by atomic mass is 10.1. The Morgan fingerprint density at radius 1 is 1.60 bits per heavy atom. The average molecular weight is 238 g/mol. The summed E-state index contributed by atoms with van der Waals surface area (Å²) in [5, 5.41) is 8.67. The van der Waals surface area contributed by atoms with Crippen molar-refractivity contribution in [3.8, 4) is 0 Å². The Kier molecular flexibility index (Phi) is 3.41. The van der Waals surface area contributed by atoms with Crippen molar-refractivity contribution in [2.24, 2.45) is 0 Å². The van der Waals surface area contributed by atoms with Gasteiger partial charge in [0.2, 0.25) is 5.56 Å². The minimum Gasteiger partial charge on any atom is -0.478 e. The van der Waals surface area contributed by atoms with Crippen LogP contribution in [0.3, 0.4) is 0 Å². The first-order valence-electron chi connectivity index (χ1n) is 3.81. The van der Waals surface area contributed by atoms with Crippen LogP contribution in [-0.4, -0.2) is 16.1 Å². The molecule has 15 heavy (non-hydrogen) atoms. The number of hydrogen-bond donors (Lipinski definition) is 2. The van der Waals surface area contributed by atoms with Crippen molar-refractivity contribution in [3.63, 3.8) is 0 Å². The predicted octanol–water partition coefficient (Wildman–Crippen LogP) is 1.75. The Bertz CT molecular complexity index is 444. The normalized spacial score (nSPS) is 10.7. The third-order valence-corrected chi connectivity index (χ3v) is 2.03. The lowest BCUT2D eigenvalue weighted by Gasteiger charge is -2.08. The first kappa shape index (κ1) is 11.6. The lowest BCUT2D eigenvalue weighted by Crippen LogP contribution is -2.16. The number of aromatic amines is 1. The largest absolute Gasteiger partial charge is 0.478 e. The van der Waals surface area contributed by atoms with Gasteiger partial charge >= 0.3 is 5.97 Å². The zero-order valence-corrected chi connectivity index (χ0v) is 8.02. The Morgan fingerprint density at radius 3 is 2.60 bits per heavy atom. The number of rotatable bonds is 3. The average Bonchev–Trinajstić information content (AvgIpc) is 2.16. The van der Waals surface area contributed by atoms with Gasteiger partial charge in [0.25, 0.3) is 6.43 Å². The predicted molar refractivity (Wildman–Crippen MR) is 48.5 cm³/mol. The lowest BCUT2D eigenvalue weighted by molar-refractivity contribution is 0.0695. The third kappa shape index (κ3) is 2.33. The number of aromatic carboxylic acids is 1. The number of carboxylic acid groups (broad SMARTS) is 1. The van der Waals surface area contributed by atoms with E-state index in [0.29, 0.717) is 0 Å². The topological polar surface area (TPSA) is 70.2 Å². The van der Waals surface area contributed by atoms with Crippen LogP contribution < -0.4 is 5.56 Å². The van der Waals surface area contributed by atoms with Gasteiger partial charge in [-0.05, 0) is 0 Å². The fourth-order valence-corrected chi connectivity index (χ4v) is 1.42. The molecular weight excluding hydrogens is 232 g/mol. The molecule has 0 fully saturated rings. The molecule has 82 valence electrons. The van der Waals surface area contributed by atoms with E-state index >= 15 is 0 Å². The van der Waals surface area contributed by atoms with Crippen molar-refractivity contribution in [2.45, 2.75) is 12.3 Å². The molecule has 0 aliphatic heterocycles. The molecule has 1 heterocycles. The molecule has 0 unspecified atom stereocenters. The van der Waals surface area contributed by atoms with Crippen LogP contribution in [0, 0.1) is 0 Å². The molecule has 0 radical (unpaired) electrons. The number of nitrogens with one attached hydrogen (secondary N) is 1. The highest BCUT2D eigenvalue weighted by Gasteiger charge is 2.20. The summed E-state index contributed by atoms with van der Waals surface area (Å²) in [6.45, 7) is 0. The second kappa shape index (κ2) is 4.39. The molecule has 1 aromatic rings. The van der Waals surface area contributed by atoms with E-state index in [2.05, 4.69) is 0 Å². The molecule has 0 aliphatic rings. The number of pyridine rings is 1. The smallest absolute Gasteiger partial charge is 0.336 e. The molecular formula is C8H6ClF2NO3. The summed E-state index contributed by atoms with van der Waals surface area (Å²) < 4.78 is 24.8. The monoisotopic (exact) mass is 237 g/mol. The second-order valence-corrected chi connectivity index (χ2v) is 2.95. The zero-order chi connectivity index (χ0) is 11.6. The number of alkyl halides is 3. The van der Waals surface area contributed by atoms with Gasteiger partial charge in [0.15, 0.2) is 0 Å². The summed E-state index contributed by atoms with van der Waals surface area (Å²) in [6.07, 6.45) is -2.97. The molecule has 7 heteroatoms. The number of hydrogen-bond acceptors (Lipinski definition) is 2. The molecule has 4 nitrogen and oxygen atoms in total. The number of carboxylic acids is 1. The number of H-pyrrole nitrogens is 1. The van der Waals surface area contributed by atoms with E-state index in [1.165, 1.54) is 0 Å². The maximum Gasteiger partial charge on any atom is 0.336 e. The number of carbonyl (C=O) groups is 1. The molecule has 0 saturated heterocycles. The maximum atomic E-state index is 12.4. The third-order valence-electron chi connectivity index (χ3n) is 1.77. The van der Waals surface area contributed by atoms with Gasteiger partial charge in [0, 0.05) is 11.6 Å². The van der Waals surface area contributed by atoms with Crippen molar-refractivity contribution in [2.75, 3.05) is 0 Å². The van der Waals surface area contributed by atoms with E-state index in [1.54, 1.807) is 0 Å². The van der Waals surface area contributed by atoms with Gasteiger partial charge in [0.1, 0.15) is 0 Å². The van der Waals surface area contributed by atoms with E-state index in [1.807, 2.05) is 4.98 Å². The maximum absolute atomic E-state index is 12.4. The SMILES string of the molecule is O=C(O)c1cc(=O)[nH]c(C(F)F)c1CCl. The van der Waals surface area contributed by atoms with Crippen LogP contribution in [0.2, 0.25) is 0 Å². The first-order valence-corrected chi connectivity index (χ1v) is 4.34. The summed E-state index contributed by atoms with van der Waals surface area (Å²) in [6, 6.07) is 0.728. The van der Waals surface area contributed by atoms with Crippen molar-refractivity contribution in [1.82, 2.24) is 4.98 Å². The van der Waals surface area contributed by atoms with Gasteiger partial charge in [-0.1, -0.05) is 0 Å². The highest BCUT2D eigenvalue weighted by molar-refractivity contribution is 6.17. The standard InChI is InChI=1S/C8H6ClF2NO3/c9-2-4-3(8(14)15)1-5(13)12-6(4)7(10)11/h1,7H,2H2,(H,12,13)(H,14,15). The van der Waals surface area contributed by atoms with Crippen LogP contribution in [0.4, 0.5) is 8.78 Å². The molecule has 1 rings (SSSR count). The van der Waals surface area contributed by atoms with Gasteiger partial charge in [0.05, 0.1) is 17.1 Å². The zero-order valence-electron chi connectivity index (χ0n) is 7.26. The quantitative estimate of drug-likeness (QED) is 0.787. The number of aromatic nitrogens is 1. The van der Waals surface area contributed by atoms with Gasteiger partial charge in [-0.3, -0.25) is 4.79 Å². The highest BCUT2D eigenvalue weighted by Crippen LogP contribution is 2.23. The fraction of sp³-hybridized carbons (Fsp3) is 0.250. The molecule has 0 atom stereocenters. The van der Waals surface area contributed by atoms with E-state index in [0.717, 1.165) is 6.07 Å². The summed E-state index contributed by atoms with van der Waals surface area (Å²) in [7, 11) is 0. The van der Waals surface area contributed by atoms with Crippen LogP contribution in [-0.2, 0) is 5.88 Å². The summed E-state index contributed by atoms with van der Waals surface area (Å²) >= 11 is 5.36. The Morgan fingerprint density at radius 2 is 2.20 bits per heavy atom. The molecule has 2 N–H and O–H groups in total. The molecule has 1 aromatic heterocycles. The van der Waals surface area contributed by atoms with E-state index in [9.17, 15) is 18.4 Å². The van der Waals surface area contributed by atoms with Crippen molar-refractivity contribution < 1.29 is 18.7 Å². The summed E-state index contributed by atoms with van der Waals surface area (Å²) in [5.74, 6) is -1.86. The molecule has 0 aromatic carbocycles. The molecule has 0 amide bonds. The van der Waals surface area contributed by atoms with Gasteiger partial charge in [-0.15, -0.1) is 11.6 Å². The highest BCUT2D eigenvalue weighted by atomic mass is 35.5. The van der Waals surface area contributed by atoms with E-state index in [-0.39, 0.29) is 5.56 Å². The minimum absolute atomic E-state index is 0.265. The van der Waals surface area contributed by atoms with Crippen molar-refractivity contribution >= 4 is 17.6 Å². The minimum atomic E-state index is -2.97. The summed E-state index contributed by atoms with van der Waals surface area (Å²) in [5.41, 5.74) is -2.39. The van der Waals surface area contributed by atoms with Crippen LogP contribution in [0.1, 0.15) is 28.0 Å². The van der Waals surface area contributed by atoms with Crippen LogP contribution in [0.5, 0.6) is 0 Å². The first-order chi connectivity index (χ1) is 6.97. The Labute approximate surface area is 87.5 Å².